The standard InChI is InChI=1S/C21H26N4O2/c1-5-8-16(3)10-11-18-17(9-6-2)21(27)25(15-20(26)24(18)4)14-19-22-12-7-13-23-19/h5,7-9,11-13H,1,6,10,14-15H2,2-4H3/b16-8-,17-9+,18-11+. The van der Waals surface area contributed by atoms with E-state index in [-0.39, 0.29) is 24.9 Å². The maximum Gasteiger partial charge on any atom is 0.256 e. The lowest BCUT2D eigenvalue weighted by molar-refractivity contribution is -0.134. The number of aromatic nitrogens is 2. The van der Waals surface area contributed by atoms with Gasteiger partial charge in [-0.1, -0.05) is 43.4 Å². The molecule has 142 valence electrons. The van der Waals surface area contributed by atoms with Gasteiger partial charge in [0.1, 0.15) is 12.4 Å². The molecular formula is C21H26N4O2. The Morgan fingerprint density at radius 3 is 2.59 bits per heavy atom. The Morgan fingerprint density at radius 2 is 1.96 bits per heavy atom. The molecule has 1 saturated heterocycles. The van der Waals surface area contributed by atoms with Crippen molar-refractivity contribution in [1.82, 2.24) is 19.8 Å². The van der Waals surface area contributed by atoms with Crippen LogP contribution in [0.15, 0.2) is 66.2 Å². The highest BCUT2D eigenvalue weighted by Gasteiger charge is 2.32. The van der Waals surface area contributed by atoms with Gasteiger partial charge in [0.2, 0.25) is 5.91 Å². The molecule has 2 amide bonds. The number of rotatable bonds is 6. The van der Waals surface area contributed by atoms with Crippen LogP contribution in [0.5, 0.6) is 0 Å². The first-order valence-corrected chi connectivity index (χ1v) is 8.98. The summed E-state index contributed by atoms with van der Waals surface area (Å²) in [5.74, 6) is 0.184. The minimum atomic E-state index is -0.182. The molecule has 27 heavy (non-hydrogen) atoms. The van der Waals surface area contributed by atoms with E-state index < -0.39 is 0 Å². The van der Waals surface area contributed by atoms with Crippen LogP contribution in [0, 0.1) is 0 Å². The lowest BCUT2D eigenvalue weighted by Gasteiger charge is -2.19. The van der Waals surface area contributed by atoms with Crippen molar-refractivity contribution in [3.63, 3.8) is 0 Å². The van der Waals surface area contributed by atoms with Crippen LogP contribution < -0.4 is 0 Å². The molecule has 0 spiro atoms. The lowest BCUT2D eigenvalue weighted by Crippen LogP contribution is -2.36. The van der Waals surface area contributed by atoms with E-state index in [0.717, 1.165) is 5.57 Å². The van der Waals surface area contributed by atoms with Crippen LogP contribution in [0.2, 0.25) is 0 Å². The maximum atomic E-state index is 13.2. The predicted molar refractivity (Wildman–Crippen MR) is 105 cm³/mol. The van der Waals surface area contributed by atoms with Crippen LogP contribution in [0.3, 0.4) is 0 Å². The SMILES string of the molecule is C=C/C=C(/C)C/C=C1\C(=C/CC)C(=O)N(Cc2ncccn2)CC(=O)N1C. The summed E-state index contributed by atoms with van der Waals surface area (Å²) in [5, 5.41) is 0. The number of likely N-dealkylation sites (N-methyl/N-ethyl adjacent to an activating group) is 1. The number of carbonyl (C=O) groups is 2. The smallest absolute Gasteiger partial charge is 0.256 e. The van der Waals surface area contributed by atoms with Gasteiger partial charge in [0.25, 0.3) is 5.91 Å². The van der Waals surface area contributed by atoms with Crippen LogP contribution in [0.1, 0.15) is 32.5 Å². The fourth-order valence-corrected chi connectivity index (χ4v) is 2.82. The third kappa shape index (κ3) is 5.23. The second-order valence-electron chi connectivity index (χ2n) is 6.35. The molecule has 1 aliphatic rings. The molecule has 1 aromatic heterocycles. The fraction of sp³-hybridized carbons (Fsp3) is 0.333. The molecule has 1 fully saturated rings. The Labute approximate surface area is 160 Å². The molecule has 6 nitrogen and oxygen atoms in total. The molecule has 6 heteroatoms. The minimum absolute atomic E-state index is 0.00649. The van der Waals surface area contributed by atoms with E-state index in [1.165, 1.54) is 4.90 Å². The van der Waals surface area contributed by atoms with Crippen molar-refractivity contribution in [2.45, 2.75) is 33.2 Å². The summed E-state index contributed by atoms with van der Waals surface area (Å²) >= 11 is 0. The molecule has 1 aliphatic heterocycles. The average molecular weight is 366 g/mol. The molecule has 0 aliphatic carbocycles. The molecule has 0 saturated carbocycles. The summed E-state index contributed by atoms with van der Waals surface area (Å²) in [6, 6.07) is 1.72. The second kappa shape index (κ2) is 9.62. The fourth-order valence-electron chi connectivity index (χ4n) is 2.82. The highest BCUT2D eigenvalue weighted by atomic mass is 16.2. The van der Waals surface area contributed by atoms with Gasteiger partial charge in [0, 0.05) is 19.4 Å². The number of carbonyl (C=O) groups excluding carboxylic acids is 2. The number of hydrogen-bond donors (Lipinski definition) is 0. The van der Waals surface area contributed by atoms with Gasteiger partial charge < -0.3 is 9.80 Å². The first-order valence-electron chi connectivity index (χ1n) is 8.98. The maximum absolute atomic E-state index is 13.2. The van der Waals surface area contributed by atoms with Gasteiger partial charge in [-0.05, 0) is 25.8 Å². The van der Waals surface area contributed by atoms with Gasteiger partial charge in [0.15, 0.2) is 0 Å². The van der Waals surface area contributed by atoms with Gasteiger partial charge in [-0.3, -0.25) is 9.59 Å². The third-order valence-corrected chi connectivity index (χ3v) is 4.23. The van der Waals surface area contributed by atoms with Crippen LogP contribution in [-0.4, -0.2) is 45.2 Å². The van der Waals surface area contributed by atoms with E-state index in [2.05, 4.69) is 16.5 Å². The zero-order valence-corrected chi connectivity index (χ0v) is 16.2. The molecule has 0 atom stereocenters. The van der Waals surface area contributed by atoms with Gasteiger partial charge >= 0.3 is 0 Å². The quantitative estimate of drug-likeness (QED) is 0.573. The Bertz CT molecular complexity index is 794. The third-order valence-electron chi connectivity index (χ3n) is 4.23. The topological polar surface area (TPSA) is 66.4 Å². The van der Waals surface area contributed by atoms with E-state index in [4.69, 9.17) is 0 Å². The molecule has 0 aromatic carbocycles. The second-order valence-corrected chi connectivity index (χ2v) is 6.35. The van der Waals surface area contributed by atoms with Crippen LogP contribution in [-0.2, 0) is 16.1 Å². The van der Waals surface area contributed by atoms with Crippen LogP contribution in [0.25, 0.3) is 0 Å². The summed E-state index contributed by atoms with van der Waals surface area (Å²) in [6.07, 6.45) is 12.0. The Morgan fingerprint density at radius 1 is 1.26 bits per heavy atom. The van der Waals surface area contributed by atoms with Gasteiger partial charge in [-0.2, -0.15) is 0 Å². The van der Waals surface area contributed by atoms with E-state index in [0.29, 0.717) is 29.9 Å². The Kier molecular flexibility index (Phi) is 7.23. The average Bonchev–Trinajstić information content (AvgIpc) is 2.73. The Hall–Kier alpha value is -3.02. The molecule has 0 unspecified atom stereocenters. The largest absolute Gasteiger partial charge is 0.322 e. The van der Waals surface area contributed by atoms with Crippen molar-refractivity contribution < 1.29 is 9.59 Å². The molecule has 2 rings (SSSR count). The molecule has 0 bridgehead atoms. The number of nitrogens with zero attached hydrogens (tertiary/aromatic N) is 4. The highest BCUT2D eigenvalue weighted by Crippen LogP contribution is 2.24. The molecule has 0 N–H and O–H groups in total. The first-order chi connectivity index (χ1) is 13.0. The van der Waals surface area contributed by atoms with Gasteiger partial charge in [-0.25, -0.2) is 9.97 Å². The van der Waals surface area contributed by atoms with Gasteiger partial charge in [-0.15, -0.1) is 0 Å². The lowest BCUT2D eigenvalue weighted by atomic mass is 10.1. The summed E-state index contributed by atoms with van der Waals surface area (Å²) in [4.78, 5) is 37.3. The van der Waals surface area contributed by atoms with Crippen molar-refractivity contribution in [2.24, 2.45) is 0 Å². The summed E-state index contributed by atoms with van der Waals surface area (Å²) in [6.45, 7) is 7.85. The molecule has 2 heterocycles. The van der Waals surface area contributed by atoms with E-state index in [1.54, 1.807) is 36.5 Å². The zero-order chi connectivity index (χ0) is 19.8. The van der Waals surface area contributed by atoms with E-state index >= 15 is 0 Å². The summed E-state index contributed by atoms with van der Waals surface area (Å²) in [7, 11) is 1.71. The molecule has 0 radical (unpaired) electrons. The van der Waals surface area contributed by atoms with Crippen LogP contribution in [0.4, 0.5) is 0 Å². The normalized spacial score (nSPS) is 19.0. The Balaban J connectivity index is 2.39. The summed E-state index contributed by atoms with van der Waals surface area (Å²) < 4.78 is 0. The predicted octanol–water partition coefficient (Wildman–Crippen LogP) is 3.02. The van der Waals surface area contributed by atoms with Crippen molar-refractivity contribution in [3.8, 4) is 0 Å². The highest BCUT2D eigenvalue weighted by molar-refractivity contribution is 6.02. The number of allylic oxidation sites excluding steroid dienone is 5. The first kappa shape index (κ1) is 20.3. The van der Waals surface area contributed by atoms with E-state index in [9.17, 15) is 9.59 Å². The van der Waals surface area contributed by atoms with Crippen molar-refractivity contribution in [2.75, 3.05) is 13.6 Å². The minimum Gasteiger partial charge on any atom is -0.322 e. The number of hydrogen-bond acceptors (Lipinski definition) is 4. The summed E-state index contributed by atoms with van der Waals surface area (Å²) in [5.41, 5.74) is 2.27. The van der Waals surface area contributed by atoms with E-state index in [1.807, 2.05) is 32.1 Å². The van der Waals surface area contributed by atoms with Crippen molar-refractivity contribution in [1.29, 1.82) is 0 Å². The number of amides is 2. The van der Waals surface area contributed by atoms with Crippen LogP contribution >= 0.6 is 0 Å². The van der Waals surface area contributed by atoms with Crippen molar-refractivity contribution >= 4 is 11.8 Å². The van der Waals surface area contributed by atoms with Gasteiger partial charge in [0.05, 0.1) is 17.8 Å². The van der Waals surface area contributed by atoms with Crippen molar-refractivity contribution in [3.05, 3.63) is 72.0 Å². The molecular weight excluding hydrogens is 340 g/mol. The molecule has 1 aromatic rings. The zero-order valence-electron chi connectivity index (χ0n) is 16.2. The monoisotopic (exact) mass is 366 g/mol.